The van der Waals surface area contributed by atoms with Crippen LogP contribution in [0, 0.1) is 69.2 Å². The molecule has 0 amide bonds. The maximum atomic E-state index is 14.0. The lowest BCUT2D eigenvalue weighted by molar-refractivity contribution is -0.288. The Bertz CT molecular complexity index is 3600. The van der Waals surface area contributed by atoms with Gasteiger partial charge in [-0.15, -0.1) is 0 Å². The van der Waals surface area contributed by atoms with Crippen LogP contribution in [0.2, 0.25) is 0 Å². The molecule has 0 saturated carbocycles. The van der Waals surface area contributed by atoms with Crippen molar-refractivity contribution in [1.29, 1.82) is 0 Å². The third-order valence-electron chi connectivity index (χ3n) is 17.4. The van der Waals surface area contributed by atoms with Crippen LogP contribution in [0.4, 0.5) is 26.3 Å². The first kappa shape index (κ1) is 77.9. The quantitative estimate of drug-likeness (QED) is 0.127. The van der Waals surface area contributed by atoms with Gasteiger partial charge in [-0.1, -0.05) is 276 Å². The number of hydrogen-bond donors (Lipinski definition) is 0. The van der Waals surface area contributed by atoms with Crippen molar-refractivity contribution in [2.45, 2.75) is 217 Å². The summed E-state index contributed by atoms with van der Waals surface area (Å²) in [6.45, 7) is 48.5. The standard InChI is InChI=1S/C40H50O2.C19H18F6.2C11H16.C6H6/c1-12-13-32(33-24-35(39(6,7)8)37(22-28(33)4)41-30-18-14-26(2)15-19-30)34-25-36(40(9,10)11)38(23-29(34)5)42-31-20-16-27(3)17-21-31;1-11-5-7-15(9-13(11)3)17(18(20,21)22,19(23,24)25)16-8-6-12(2)14(4)10-16;2*1-9-5-7-10(8-6-9)11(2,3)4;1-2-4-6-5-3-1/h14-25,32H,12-13H2,1-11H3;5-10H,1-4H3;2*5-8H,1-4H3;1-6H. The highest BCUT2D eigenvalue weighted by atomic mass is 19.4. The lowest BCUT2D eigenvalue weighted by Gasteiger charge is -2.38. The first-order valence-corrected chi connectivity index (χ1v) is 33.2. The Kier molecular flexibility index (Phi) is 26.4. The zero-order valence-corrected chi connectivity index (χ0v) is 61.1. The summed E-state index contributed by atoms with van der Waals surface area (Å²) in [5.74, 6) is 3.91. The van der Waals surface area contributed by atoms with Gasteiger partial charge in [-0.05, 0) is 200 Å². The van der Waals surface area contributed by atoms with E-state index in [4.69, 9.17) is 9.47 Å². The monoisotopic (exact) mass is 1300 g/mol. The molecule has 0 heterocycles. The first-order valence-electron chi connectivity index (χ1n) is 33.2. The smallest absolute Gasteiger partial charge is 0.411 e. The van der Waals surface area contributed by atoms with Crippen molar-refractivity contribution < 1.29 is 35.8 Å². The van der Waals surface area contributed by atoms with Gasteiger partial charge in [0.1, 0.15) is 23.0 Å². The lowest BCUT2D eigenvalue weighted by atomic mass is 9.71. The van der Waals surface area contributed by atoms with Crippen molar-refractivity contribution in [3.63, 3.8) is 0 Å². The molecule has 0 atom stereocenters. The Hall–Kier alpha value is -7.84. The van der Waals surface area contributed by atoms with Crippen LogP contribution in [0.1, 0.15) is 209 Å². The van der Waals surface area contributed by atoms with E-state index < -0.39 is 28.9 Å². The summed E-state index contributed by atoms with van der Waals surface area (Å²) in [5, 5.41) is 0. The predicted octanol–water partition coefficient (Wildman–Crippen LogP) is 26.6. The topological polar surface area (TPSA) is 18.5 Å². The third kappa shape index (κ3) is 21.3. The fraction of sp³-hybridized carbons (Fsp3) is 0.379. The molecular weight excluding hydrogens is 1190 g/mol. The second kappa shape index (κ2) is 32.3. The molecule has 0 aromatic heterocycles. The van der Waals surface area contributed by atoms with Gasteiger partial charge in [0.25, 0.3) is 0 Å². The minimum absolute atomic E-state index is 0.0728. The number of alkyl halides is 6. The summed E-state index contributed by atoms with van der Waals surface area (Å²) in [6.07, 6.45) is -8.92. The third-order valence-corrected chi connectivity index (χ3v) is 17.4. The molecule has 0 aliphatic heterocycles. The van der Waals surface area contributed by atoms with Crippen LogP contribution < -0.4 is 9.47 Å². The number of benzene rings is 9. The van der Waals surface area contributed by atoms with E-state index in [1.165, 1.54) is 92.7 Å². The second-order valence-corrected chi connectivity index (χ2v) is 29.8. The van der Waals surface area contributed by atoms with Crippen LogP contribution in [0.3, 0.4) is 0 Å². The molecule has 8 heteroatoms. The van der Waals surface area contributed by atoms with E-state index in [1.807, 2.05) is 36.4 Å². The number of aryl methyl sites for hydroxylation is 10. The van der Waals surface area contributed by atoms with Crippen molar-refractivity contribution in [3.05, 3.63) is 294 Å². The van der Waals surface area contributed by atoms with E-state index in [2.05, 4.69) is 253 Å². The zero-order valence-electron chi connectivity index (χ0n) is 61.1. The molecule has 0 saturated heterocycles. The predicted molar refractivity (Wildman–Crippen MR) is 390 cm³/mol. The number of rotatable bonds is 10. The molecule has 0 fully saturated rings. The first-order chi connectivity index (χ1) is 44.0. The second-order valence-electron chi connectivity index (χ2n) is 29.8. The van der Waals surface area contributed by atoms with Crippen molar-refractivity contribution in [2.75, 3.05) is 0 Å². The van der Waals surface area contributed by atoms with E-state index in [1.54, 1.807) is 13.8 Å². The summed E-state index contributed by atoms with van der Waals surface area (Å²) in [4.78, 5) is 0. The van der Waals surface area contributed by atoms with Crippen molar-refractivity contribution in [2.24, 2.45) is 0 Å². The van der Waals surface area contributed by atoms with Gasteiger partial charge in [0.15, 0.2) is 0 Å². The molecule has 9 aromatic carbocycles. The molecule has 508 valence electrons. The van der Waals surface area contributed by atoms with Gasteiger partial charge in [0, 0.05) is 17.0 Å². The van der Waals surface area contributed by atoms with Gasteiger partial charge < -0.3 is 9.47 Å². The highest BCUT2D eigenvalue weighted by Gasteiger charge is 2.72. The molecule has 0 unspecified atom stereocenters. The molecule has 95 heavy (non-hydrogen) atoms. The Morgan fingerprint density at radius 3 is 0.821 bits per heavy atom. The Balaban J connectivity index is 0.000000256. The molecule has 9 aromatic rings. The average Bonchev–Trinajstić information content (AvgIpc) is 0.717. The Morgan fingerprint density at radius 1 is 0.305 bits per heavy atom. The van der Waals surface area contributed by atoms with Crippen LogP contribution in [0.5, 0.6) is 23.0 Å². The number of ether oxygens (including phenoxy) is 2. The molecule has 2 nitrogen and oxygen atoms in total. The van der Waals surface area contributed by atoms with E-state index >= 15 is 0 Å². The molecule has 0 N–H and O–H groups in total. The van der Waals surface area contributed by atoms with Crippen LogP contribution in [-0.4, -0.2) is 12.4 Å². The van der Waals surface area contributed by atoms with Crippen LogP contribution in [-0.2, 0) is 27.1 Å². The van der Waals surface area contributed by atoms with Gasteiger partial charge in [0.2, 0.25) is 5.41 Å². The maximum absolute atomic E-state index is 14.0. The summed E-state index contributed by atoms with van der Waals surface area (Å²) in [5.41, 5.74) is 12.4. The molecule has 0 radical (unpaired) electrons. The average molecular weight is 1300 g/mol. The lowest BCUT2D eigenvalue weighted by Crippen LogP contribution is -2.54. The van der Waals surface area contributed by atoms with Crippen molar-refractivity contribution >= 4 is 0 Å². The van der Waals surface area contributed by atoms with Gasteiger partial charge >= 0.3 is 12.4 Å². The van der Waals surface area contributed by atoms with Crippen molar-refractivity contribution in [3.8, 4) is 23.0 Å². The maximum Gasteiger partial charge on any atom is 0.411 e. The zero-order chi connectivity index (χ0) is 71.2. The summed E-state index contributed by atoms with van der Waals surface area (Å²) >= 11 is 0. The van der Waals surface area contributed by atoms with E-state index in [-0.39, 0.29) is 27.6 Å². The summed E-state index contributed by atoms with van der Waals surface area (Å²) in [6, 6.07) is 61.9. The van der Waals surface area contributed by atoms with Gasteiger partial charge in [0.05, 0.1) is 0 Å². The molecule has 0 spiro atoms. The minimum atomic E-state index is -5.55. The van der Waals surface area contributed by atoms with Crippen LogP contribution in [0.15, 0.2) is 194 Å². The minimum Gasteiger partial charge on any atom is -0.457 e. The van der Waals surface area contributed by atoms with Crippen LogP contribution in [0.25, 0.3) is 0 Å². The Morgan fingerprint density at radius 2 is 0.579 bits per heavy atom. The SMILES string of the molecule is CCCC(c1cc(C(C)(C)C)c(Oc2ccc(C)cc2)cc1C)c1cc(C(C)(C)C)c(Oc2ccc(C)cc2)cc1C.Cc1ccc(C(C)(C)C)cc1.Cc1ccc(C(C)(C)C)cc1.Cc1ccc(C(c2ccc(C)c(C)c2)(C(F)(F)F)C(F)(F)F)cc1C.c1ccccc1. The molecule has 9 rings (SSSR count). The molecule has 0 aliphatic rings. The molecule has 0 aliphatic carbocycles. The fourth-order valence-electron chi connectivity index (χ4n) is 11.1. The van der Waals surface area contributed by atoms with E-state index in [0.29, 0.717) is 22.3 Å². The highest BCUT2D eigenvalue weighted by Crippen LogP contribution is 2.57. The summed E-state index contributed by atoms with van der Waals surface area (Å²) < 4.78 is 97.0. The largest absolute Gasteiger partial charge is 0.457 e. The molecular formula is C87H106F6O2. The van der Waals surface area contributed by atoms with Crippen LogP contribution >= 0.6 is 0 Å². The van der Waals surface area contributed by atoms with Gasteiger partial charge in [-0.25, -0.2) is 0 Å². The normalized spacial score (nSPS) is 12.0. The number of halogens is 6. The Labute approximate surface area is 567 Å². The molecule has 0 bridgehead atoms. The fourth-order valence-corrected chi connectivity index (χ4v) is 11.1. The van der Waals surface area contributed by atoms with Crippen molar-refractivity contribution in [1.82, 2.24) is 0 Å². The highest BCUT2D eigenvalue weighted by molar-refractivity contribution is 5.55. The van der Waals surface area contributed by atoms with Gasteiger partial charge in [-0.3, -0.25) is 0 Å². The van der Waals surface area contributed by atoms with Gasteiger partial charge in [-0.2, -0.15) is 26.3 Å². The van der Waals surface area contributed by atoms with E-state index in [9.17, 15) is 26.3 Å². The summed E-state index contributed by atoms with van der Waals surface area (Å²) in [7, 11) is 0. The van der Waals surface area contributed by atoms with E-state index in [0.717, 1.165) is 60.1 Å². The number of hydrogen-bond acceptors (Lipinski definition) is 2.